The van der Waals surface area contributed by atoms with Gasteiger partial charge in [0.1, 0.15) is 0 Å². The van der Waals surface area contributed by atoms with Crippen LogP contribution in [0.5, 0.6) is 0 Å². The molecule has 2 aliphatic rings. The third-order valence-electron chi connectivity index (χ3n) is 6.56. The number of likely N-dealkylation sites (N-methyl/N-ethyl adjacent to an activating group) is 1. The van der Waals surface area contributed by atoms with Gasteiger partial charge in [0.2, 0.25) is 11.8 Å². The summed E-state index contributed by atoms with van der Waals surface area (Å²) in [6.45, 7) is 1.92. The van der Waals surface area contributed by atoms with E-state index in [1.165, 1.54) is 11.1 Å². The van der Waals surface area contributed by atoms with E-state index in [1.807, 2.05) is 29.1 Å². The average Bonchev–Trinajstić information content (AvgIpc) is 3.48. The third kappa shape index (κ3) is 4.90. The number of hydrogen-bond acceptors (Lipinski definition) is 4. The number of aromatic nitrogens is 2. The van der Waals surface area contributed by atoms with Crippen LogP contribution in [-0.2, 0) is 29.0 Å². The number of benzene rings is 1. The molecule has 2 amide bonds. The van der Waals surface area contributed by atoms with Crippen LogP contribution in [0.1, 0.15) is 30.4 Å². The molecule has 2 aromatic rings. The Bertz CT molecular complexity index is 841. The largest absolute Gasteiger partial charge is 0.354 e. The molecule has 1 saturated heterocycles. The van der Waals surface area contributed by atoms with Gasteiger partial charge in [0.05, 0.1) is 6.54 Å². The maximum atomic E-state index is 12.7. The molecule has 4 rings (SSSR count). The Labute approximate surface area is 177 Å². The topological polar surface area (TPSA) is 79.3 Å². The normalized spacial score (nSPS) is 21.5. The van der Waals surface area contributed by atoms with E-state index in [9.17, 15) is 9.59 Å². The Morgan fingerprint density at radius 3 is 2.50 bits per heavy atom. The standard InChI is InChI=1S/C23H31N5O2/c1-27-20(15-22(29)24-10-12-28-11-4-9-26-28)7-8-21(27)16-25-23(30)19-13-17-5-2-3-6-18(17)14-19/h2-6,9,11,19-21H,7-8,10,12-16H2,1H3,(H,24,29)(H,25,30)/t20-,21+/m1/s1. The van der Waals surface area contributed by atoms with E-state index < -0.39 is 0 Å². The molecule has 30 heavy (non-hydrogen) atoms. The zero-order valence-electron chi connectivity index (χ0n) is 17.6. The fourth-order valence-electron chi connectivity index (χ4n) is 4.72. The molecule has 1 aromatic heterocycles. The summed E-state index contributed by atoms with van der Waals surface area (Å²) in [7, 11) is 2.07. The Kier molecular flexibility index (Phi) is 6.47. The number of amides is 2. The van der Waals surface area contributed by atoms with Crippen LogP contribution < -0.4 is 10.6 Å². The number of nitrogens with one attached hydrogen (secondary N) is 2. The fourth-order valence-corrected chi connectivity index (χ4v) is 4.72. The van der Waals surface area contributed by atoms with E-state index >= 15 is 0 Å². The SMILES string of the molecule is CN1[C@@H](CC(=O)NCCn2cccn2)CC[C@H]1CNC(=O)C1Cc2ccccc2C1. The van der Waals surface area contributed by atoms with Crippen LogP contribution in [0.25, 0.3) is 0 Å². The lowest BCUT2D eigenvalue weighted by Gasteiger charge is -2.26. The van der Waals surface area contributed by atoms with Crippen LogP contribution in [0.2, 0.25) is 0 Å². The number of nitrogens with zero attached hydrogens (tertiary/aromatic N) is 3. The molecule has 0 spiro atoms. The van der Waals surface area contributed by atoms with Gasteiger partial charge in [0, 0.05) is 49.9 Å². The molecule has 160 valence electrons. The van der Waals surface area contributed by atoms with Gasteiger partial charge in [0.25, 0.3) is 0 Å². The first kappa shape index (κ1) is 20.6. The van der Waals surface area contributed by atoms with Crippen molar-refractivity contribution < 1.29 is 9.59 Å². The summed E-state index contributed by atoms with van der Waals surface area (Å²) in [5, 5.41) is 10.3. The summed E-state index contributed by atoms with van der Waals surface area (Å²) in [5.74, 6) is 0.275. The number of likely N-dealkylation sites (tertiary alicyclic amines) is 1. The quantitative estimate of drug-likeness (QED) is 0.691. The predicted molar refractivity (Wildman–Crippen MR) is 115 cm³/mol. The highest BCUT2D eigenvalue weighted by atomic mass is 16.2. The van der Waals surface area contributed by atoms with Crippen LogP contribution in [0, 0.1) is 5.92 Å². The Morgan fingerprint density at radius 1 is 1.07 bits per heavy atom. The predicted octanol–water partition coefficient (Wildman–Crippen LogP) is 1.38. The summed E-state index contributed by atoms with van der Waals surface area (Å²) in [4.78, 5) is 27.2. The third-order valence-corrected chi connectivity index (χ3v) is 6.56. The molecule has 2 N–H and O–H groups in total. The van der Waals surface area contributed by atoms with E-state index in [0.29, 0.717) is 32.1 Å². The van der Waals surface area contributed by atoms with Gasteiger partial charge in [-0.2, -0.15) is 5.10 Å². The van der Waals surface area contributed by atoms with Crippen molar-refractivity contribution in [1.29, 1.82) is 0 Å². The highest BCUT2D eigenvalue weighted by Gasteiger charge is 2.33. The van der Waals surface area contributed by atoms with Gasteiger partial charge in [-0.1, -0.05) is 24.3 Å². The first-order valence-corrected chi connectivity index (χ1v) is 10.9. The zero-order valence-corrected chi connectivity index (χ0v) is 17.6. The van der Waals surface area contributed by atoms with Gasteiger partial charge in [-0.25, -0.2) is 0 Å². The summed E-state index contributed by atoms with van der Waals surface area (Å²) < 4.78 is 1.81. The van der Waals surface area contributed by atoms with Crippen molar-refractivity contribution in [2.75, 3.05) is 20.1 Å². The Morgan fingerprint density at radius 2 is 1.80 bits per heavy atom. The van der Waals surface area contributed by atoms with Crippen molar-refractivity contribution in [2.45, 2.75) is 50.7 Å². The van der Waals surface area contributed by atoms with E-state index in [-0.39, 0.29) is 23.8 Å². The van der Waals surface area contributed by atoms with Crippen LogP contribution in [0.15, 0.2) is 42.7 Å². The van der Waals surface area contributed by atoms with Crippen LogP contribution in [0.3, 0.4) is 0 Å². The maximum Gasteiger partial charge on any atom is 0.223 e. The van der Waals surface area contributed by atoms with Crippen molar-refractivity contribution in [3.8, 4) is 0 Å². The average molecular weight is 410 g/mol. The smallest absolute Gasteiger partial charge is 0.223 e. The van der Waals surface area contributed by atoms with E-state index in [4.69, 9.17) is 0 Å². The number of rotatable bonds is 8. The molecule has 2 heterocycles. The lowest BCUT2D eigenvalue weighted by molar-refractivity contribution is -0.125. The molecular formula is C23H31N5O2. The van der Waals surface area contributed by atoms with Crippen molar-refractivity contribution in [1.82, 2.24) is 25.3 Å². The summed E-state index contributed by atoms with van der Waals surface area (Å²) in [5.41, 5.74) is 2.60. The molecule has 2 atom stereocenters. The maximum absolute atomic E-state index is 12.7. The van der Waals surface area contributed by atoms with Gasteiger partial charge in [-0.05, 0) is 49.9 Å². The summed E-state index contributed by atoms with van der Waals surface area (Å²) >= 11 is 0. The fraction of sp³-hybridized carbons (Fsp3) is 0.522. The highest BCUT2D eigenvalue weighted by molar-refractivity contribution is 5.80. The van der Waals surface area contributed by atoms with Crippen molar-refractivity contribution in [3.63, 3.8) is 0 Å². The molecule has 7 nitrogen and oxygen atoms in total. The van der Waals surface area contributed by atoms with Gasteiger partial charge in [-0.3, -0.25) is 19.2 Å². The van der Waals surface area contributed by atoms with Crippen LogP contribution in [0.4, 0.5) is 0 Å². The molecule has 1 aliphatic heterocycles. The number of carbonyl (C=O) groups excluding carboxylic acids is 2. The molecule has 1 aliphatic carbocycles. The van der Waals surface area contributed by atoms with Gasteiger partial charge in [-0.15, -0.1) is 0 Å². The molecule has 7 heteroatoms. The van der Waals surface area contributed by atoms with Gasteiger partial charge in [0.15, 0.2) is 0 Å². The Balaban J connectivity index is 1.17. The molecule has 1 fully saturated rings. The van der Waals surface area contributed by atoms with E-state index in [1.54, 1.807) is 6.20 Å². The lowest BCUT2D eigenvalue weighted by Crippen LogP contribution is -2.44. The summed E-state index contributed by atoms with van der Waals surface area (Å²) in [6, 6.07) is 10.7. The molecule has 1 aromatic carbocycles. The first-order chi connectivity index (χ1) is 14.6. The second-order valence-electron chi connectivity index (χ2n) is 8.49. The minimum atomic E-state index is 0.0467. The molecule has 0 saturated carbocycles. The second kappa shape index (κ2) is 9.43. The van der Waals surface area contributed by atoms with E-state index in [2.05, 4.69) is 39.8 Å². The molecular weight excluding hydrogens is 378 g/mol. The van der Waals surface area contributed by atoms with E-state index in [0.717, 1.165) is 25.7 Å². The molecule has 0 unspecified atom stereocenters. The number of fused-ring (bicyclic) bond motifs is 1. The number of carbonyl (C=O) groups is 2. The van der Waals surface area contributed by atoms with Crippen molar-refractivity contribution in [2.24, 2.45) is 5.92 Å². The van der Waals surface area contributed by atoms with Crippen LogP contribution in [-0.4, -0.2) is 58.7 Å². The monoisotopic (exact) mass is 409 g/mol. The van der Waals surface area contributed by atoms with Crippen molar-refractivity contribution in [3.05, 3.63) is 53.9 Å². The molecule has 0 radical (unpaired) electrons. The minimum Gasteiger partial charge on any atom is -0.354 e. The minimum absolute atomic E-state index is 0.0467. The molecule has 0 bridgehead atoms. The Hall–Kier alpha value is -2.67. The van der Waals surface area contributed by atoms with Gasteiger partial charge < -0.3 is 10.6 Å². The first-order valence-electron chi connectivity index (χ1n) is 10.9. The lowest BCUT2D eigenvalue weighted by atomic mass is 10.1. The summed E-state index contributed by atoms with van der Waals surface area (Å²) in [6.07, 6.45) is 7.79. The highest BCUT2D eigenvalue weighted by Crippen LogP contribution is 2.27. The second-order valence-corrected chi connectivity index (χ2v) is 8.49. The number of hydrogen-bond donors (Lipinski definition) is 2. The van der Waals surface area contributed by atoms with Gasteiger partial charge >= 0.3 is 0 Å². The van der Waals surface area contributed by atoms with Crippen molar-refractivity contribution >= 4 is 11.8 Å². The zero-order chi connectivity index (χ0) is 20.9. The van der Waals surface area contributed by atoms with Crippen LogP contribution >= 0.6 is 0 Å².